The summed E-state index contributed by atoms with van der Waals surface area (Å²) >= 11 is 0. The van der Waals surface area contributed by atoms with Crippen LogP contribution >= 0.6 is 0 Å². The molecule has 3 nitrogen and oxygen atoms in total. The second kappa shape index (κ2) is 6.21. The Labute approximate surface area is 135 Å². The molecular weight excluding hydrogens is 274 g/mol. The molecular formula is C19H32NO2+. The number of aromatic hydroxyl groups is 1. The molecule has 1 fully saturated rings. The average molecular weight is 306 g/mol. The first kappa shape index (κ1) is 17.3. The topological polar surface area (TPSA) is 33.9 Å². The predicted molar refractivity (Wildman–Crippen MR) is 90.7 cm³/mol. The van der Waals surface area contributed by atoms with Gasteiger partial charge in [-0.3, -0.25) is 0 Å². The standard InChI is InChI=1S/C19H31NO2/c1-18(2,3)15-11-14(13-20-7-9-22-10-8-20)12-16(17(15)21)19(4,5)6/h11-12,21H,7-10,13H2,1-6H3/p+1. The van der Waals surface area contributed by atoms with Gasteiger partial charge in [0.2, 0.25) is 0 Å². The van der Waals surface area contributed by atoms with E-state index in [1.54, 1.807) is 4.90 Å². The number of nitrogens with one attached hydrogen (secondary N) is 1. The van der Waals surface area contributed by atoms with E-state index in [-0.39, 0.29) is 10.8 Å². The van der Waals surface area contributed by atoms with Gasteiger partial charge in [0.25, 0.3) is 0 Å². The summed E-state index contributed by atoms with van der Waals surface area (Å²) in [4.78, 5) is 1.57. The minimum absolute atomic E-state index is 0.0551. The van der Waals surface area contributed by atoms with Crippen molar-refractivity contribution in [3.05, 3.63) is 28.8 Å². The smallest absolute Gasteiger partial charge is 0.123 e. The summed E-state index contributed by atoms with van der Waals surface area (Å²) in [7, 11) is 0. The van der Waals surface area contributed by atoms with E-state index in [1.165, 1.54) is 5.56 Å². The molecule has 2 N–H and O–H groups in total. The van der Waals surface area contributed by atoms with Gasteiger partial charge in [0, 0.05) is 16.7 Å². The first-order chi connectivity index (χ1) is 10.1. The summed E-state index contributed by atoms with van der Waals surface area (Å²) < 4.78 is 5.45. The Bertz CT molecular complexity index is 482. The Morgan fingerprint density at radius 1 is 0.955 bits per heavy atom. The Morgan fingerprint density at radius 2 is 1.41 bits per heavy atom. The average Bonchev–Trinajstić information content (AvgIpc) is 2.39. The number of ether oxygens (including phenoxy) is 1. The highest BCUT2D eigenvalue weighted by Crippen LogP contribution is 2.39. The van der Waals surface area contributed by atoms with Gasteiger partial charge in [-0.25, -0.2) is 0 Å². The highest BCUT2D eigenvalue weighted by Gasteiger charge is 2.27. The predicted octanol–water partition coefficient (Wildman–Crippen LogP) is 2.40. The number of hydrogen-bond acceptors (Lipinski definition) is 2. The first-order valence-corrected chi connectivity index (χ1v) is 8.37. The third kappa shape index (κ3) is 4.02. The number of phenolic OH excluding ortho intramolecular Hbond substituents is 1. The zero-order valence-corrected chi connectivity index (χ0v) is 15.0. The molecule has 1 heterocycles. The molecule has 124 valence electrons. The van der Waals surface area contributed by atoms with E-state index in [2.05, 4.69) is 53.7 Å². The first-order valence-electron chi connectivity index (χ1n) is 8.37. The van der Waals surface area contributed by atoms with Crippen molar-refractivity contribution < 1.29 is 14.7 Å². The molecule has 0 aliphatic carbocycles. The van der Waals surface area contributed by atoms with E-state index in [4.69, 9.17) is 4.74 Å². The van der Waals surface area contributed by atoms with Crippen molar-refractivity contribution in [1.29, 1.82) is 0 Å². The lowest BCUT2D eigenvalue weighted by molar-refractivity contribution is -0.921. The zero-order valence-electron chi connectivity index (χ0n) is 15.0. The number of hydrogen-bond donors (Lipinski definition) is 2. The molecule has 0 saturated carbocycles. The van der Waals surface area contributed by atoms with Crippen LogP contribution in [-0.2, 0) is 22.1 Å². The van der Waals surface area contributed by atoms with Gasteiger partial charge in [-0.1, -0.05) is 41.5 Å². The summed E-state index contributed by atoms with van der Waals surface area (Å²) in [6.07, 6.45) is 0. The van der Waals surface area contributed by atoms with Crippen LogP contribution in [0.25, 0.3) is 0 Å². The van der Waals surface area contributed by atoms with Crippen LogP contribution in [0.5, 0.6) is 5.75 Å². The Hall–Kier alpha value is -1.06. The second-order valence-corrected chi connectivity index (χ2v) is 8.58. The van der Waals surface area contributed by atoms with Crippen LogP contribution in [0.15, 0.2) is 12.1 Å². The number of quaternary nitrogens is 1. The van der Waals surface area contributed by atoms with Crippen LogP contribution in [0.1, 0.15) is 58.2 Å². The van der Waals surface area contributed by atoms with E-state index >= 15 is 0 Å². The Kier molecular flexibility index (Phi) is 4.88. The number of rotatable bonds is 2. The van der Waals surface area contributed by atoms with E-state index in [1.807, 2.05) is 0 Å². The Balaban J connectivity index is 2.41. The van der Waals surface area contributed by atoms with Gasteiger partial charge >= 0.3 is 0 Å². The highest BCUT2D eigenvalue weighted by molar-refractivity contribution is 5.49. The van der Waals surface area contributed by atoms with Crippen LogP contribution in [0.2, 0.25) is 0 Å². The molecule has 0 amide bonds. The lowest BCUT2D eigenvalue weighted by atomic mass is 9.78. The maximum atomic E-state index is 10.8. The molecule has 1 aromatic rings. The van der Waals surface area contributed by atoms with E-state index in [9.17, 15) is 5.11 Å². The van der Waals surface area contributed by atoms with Crippen molar-refractivity contribution in [2.24, 2.45) is 0 Å². The minimum atomic E-state index is -0.0551. The largest absolute Gasteiger partial charge is 0.507 e. The second-order valence-electron chi connectivity index (χ2n) is 8.58. The van der Waals surface area contributed by atoms with Crippen LogP contribution in [0, 0.1) is 0 Å². The summed E-state index contributed by atoms with van der Waals surface area (Å²) in [6.45, 7) is 17.8. The fourth-order valence-electron chi connectivity index (χ4n) is 3.07. The molecule has 0 atom stereocenters. The maximum absolute atomic E-state index is 10.8. The van der Waals surface area contributed by atoms with Gasteiger partial charge in [0.05, 0.1) is 13.2 Å². The van der Waals surface area contributed by atoms with E-state index < -0.39 is 0 Å². The molecule has 1 aliphatic heterocycles. The molecule has 0 bridgehead atoms. The van der Waals surface area contributed by atoms with Gasteiger partial charge in [-0.2, -0.15) is 0 Å². The molecule has 0 aromatic heterocycles. The third-order valence-corrected chi connectivity index (χ3v) is 4.44. The molecule has 2 rings (SSSR count). The van der Waals surface area contributed by atoms with Gasteiger partial charge in [-0.05, 0) is 23.0 Å². The third-order valence-electron chi connectivity index (χ3n) is 4.44. The maximum Gasteiger partial charge on any atom is 0.123 e. The molecule has 3 heteroatoms. The monoisotopic (exact) mass is 306 g/mol. The molecule has 0 radical (unpaired) electrons. The summed E-state index contributed by atoms with van der Waals surface area (Å²) in [6, 6.07) is 4.40. The van der Waals surface area contributed by atoms with Gasteiger partial charge in [-0.15, -0.1) is 0 Å². The molecule has 1 aromatic carbocycles. The molecule has 22 heavy (non-hydrogen) atoms. The summed E-state index contributed by atoms with van der Waals surface area (Å²) in [5, 5.41) is 10.8. The lowest BCUT2D eigenvalue weighted by Crippen LogP contribution is -3.12. The van der Waals surface area contributed by atoms with Gasteiger partial charge in [0.1, 0.15) is 25.4 Å². The fraction of sp³-hybridized carbons (Fsp3) is 0.684. The van der Waals surface area contributed by atoms with Crippen molar-refractivity contribution in [3.63, 3.8) is 0 Å². The zero-order chi connectivity index (χ0) is 16.5. The van der Waals surface area contributed by atoms with Gasteiger partial charge < -0.3 is 14.7 Å². The van der Waals surface area contributed by atoms with Gasteiger partial charge in [0.15, 0.2) is 0 Å². The van der Waals surface area contributed by atoms with Crippen molar-refractivity contribution in [1.82, 2.24) is 0 Å². The van der Waals surface area contributed by atoms with Crippen molar-refractivity contribution >= 4 is 0 Å². The van der Waals surface area contributed by atoms with Crippen molar-refractivity contribution in [2.75, 3.05) is 26.3 Å². The highest BCUT2D eigenvalue weighted by atomic mass is 16.5. The summed E-state index contributed by atoms with van der Waals surface area (Å²) in [5.41, 5.74) is 3.33. The summed E-state index contributed by atoms with van der Waals surface area (Å²) in [5.74, 6) is 0.473. The van der Waals surface area contributed by atoms with E-state index in [0.717, 1.165) is 44.0 Å². The van der Waals surface area contributed by atoms with Crippen LogP contribution < -0.4 is 4.90 Å². The van der Waals surface area contributed by atoms with Crippen molar-refractivity contribution in [3.8, 4) is 5.75 Å². The normalized spacial score (nSPS) is 17.7. The molecule has 0 unspecified atom stereocenters. The number of morpholine rings is 1. The van der Waals surface area contributed by atoms with Crippen LogP contribution in [0.4, 0.5) is 0 Å². The van der Waals surface area contributed by atoms with E-state index in [0.29, 0.717) is 5.75 Å². The number of benzene rings is 1. The van der Waals surface area contributed by atoms with Crippen molar-refractivity contribution in [2.45, 2.75) is 58.9 Å². The lowest BCUT2D eigenvalue weighted by Gasteiger charge is -2.29. The quantitative estimate of drug-likeness (QED) is 0.880. The minimum Gasteiger partial charge on any atom is -0.507 e. The molecule has 1 saturated heterocycles. The Morgan fingerprint density at radius 3 is 1.82 bits per heavy atom. The van der Waals surface area contributed by atoms with Crippen LogP contribution in [0.3, 0.4) is 0 Å². The number of phenols is 1. The van der Waals surface area contributed by atoms with Crippen LogP contribution in [-0.4, -0.2) is 31.4 Å². The molecule has 1 aliphatic rings. The molecule has 0 spiro atoms. The fourth-order valence-corrected chi connectivity index (χ4v) is 3.07. The SMILES string of the molecule is CC(C)(C)c1cc(C[NH+]2CCOCC2)cc(C(C)(C)C)c1O.